The molecule has 0 heteroatoms. The van der Waals surface area contributed by atoms with Gasteiger partial charge in [-0.1, -0.05) is 137 Å². The van der Waals surface area contributed by atoms with Gasteiger partial charge in [0.15, 0.2) is 0 Å². The maximum atomic E-state index is 3.96. The van der Waals surface area contributed by atoms with Crippen molar-refractivity contribution in [1.82, 2.24) is 0 Å². The van der Waals surface area contributed by atoms with Crippen molar-refractivity contribution in [3.05, 3.63) is 13.8 Å². The molecule has 0 aromatic heterocycles. The van der Waals surface area contributed by atoms with Gasteiger partial charge in [0, 0.05) is 12.8 Å². The first-order chi connectivity index (χ1) is 14.7. The molecule has 0 aliphatic carbocycles. The van der Waals surface area contributed by atoms with Gasteiger partial charge in [-0.25, -0.2) is 0 Å². The Morgan fingerprint density at radius 2 is 0.867 bits per heavy atom. The molecule has 0 saturated carbocycles. The summed E-state index contributed by atoms with van der Waals surface area (Å²) in [5.41, 5.74) is 0. The second kappa shape index (κ2) is 24.8. The Morgan fingerprint density at radius 1 is 0.500 bits per heavy atom. The second-order valence-electron chi connectivity index (χ2n) is 9.94. The molecular weight excluding hydrogens is 360 g/mol. The van der Waals surface area contributed by atoms with E-state index in [1.54, 1.807) is 0 Å². The Bertz CT molecular complexity index is 369. The highest BCUT2D eigenvalue weighted by Crippen LogP contribution is 2.25. The number of rotatable bonds is 22. The molecule has 0 aromatic rings. The van der Waals surface area contributed by atoms with E-state index in [2.05, 4.69) is 39.5 Å². The first-order valence-electron chi connectivity index (χ1n) is 13.7. The van der Waals surface area contributed by atoms with Crippen molar-refractivity contribution in [1.29, 1.82) is 0 Å². The van der Waals surface area contributed by atoms with Crippen molar-refractivity contribution >= 4 is 0 Å². The van der Waals surface area contributed by atoms with E-state index in [0.717, 1.165) is 37.5 Å². The van der Waals surface area contributed by atoms with Gasteiger partial charge in [0.05, 0.1) is 0 Å². The molecule has 0 aliphatic rings. The lowest BCUT2D eigenvalue weighted by Crippen LogP contribution is -2.05. The third-order valence-corrected chi connectivity index (χ3v) is 6.26. The average Bonchev–Trinajstić information content (AvgIpc) is 2.72. The summed E-state index contributed by atoms with van der Waals surface area (Å²) in [6.07, 6.45) is 29.4. The molecule has 1 atom stereocenters. The molecule has 0 rings (SSSR count). The van der Waals surface area contributed by atoms with Crippen LogP contribution >= 0.6 is 0 Å². The van der Waals surface area contributed by atoms with E-state index in [1.165, 1.54) is 116 Å². The van der Waals surface area contributed by atoms with E-state index >= 15 is 0 Å². The fourth-order valence-electron chi connectivity index (χ4n) is 4.46. The van der Waals surface area contributed by atoms with Crippen LogP contribution in [0.2, 0.25) is 0 Å². The number of hydrogen-bond acceptors (Lipinski definition) is 0. The van der Waals surface area contributed by atoms with Crippen LogP contribution in [0, 0.1) is 37.5 Å². The van der Waals surface area contributed by atoms with Gasteiger partial charge in [-0.05, 0) is 31.1 Å². The molecule has 0 N–H and O–H groups in total. The van der Waals surface area contributed by atoms with Gasteiger partial charge in [-0.2, -0.15) is 0 Å². The lowest BCUT2D eigenvalue weighted by molar-refractivity contribution is 0.339. The first-order valence-corrected chi connectivity index (χ1v) is 13.7. The van der Waals surface area contributed by atoms with Gasteiger partial charge < -0.3 is 0 Å². The molecule has 0 bridgehead atoms. The highest BCUT2D eigenvalue weighted by molar-refractivity contribution is 4.98. The molecule has 0 fully saturated rings. The second-order valence-corrected chi connectivity index (χ2v) is 9.94. The molecule has 176 valence electrons. The largest absolute Gasteiger partial charge is 0.103 e. The van der Waals surface area contributed by atoms with Crippen LogP contribution in [-0.2, 0) is 0 Å². The van der Waals surface area contributed by atoms with Gasteiger partial charge >= 0.3 is 0 Å². The smallest absolute Gasteiger partial charge is 0.00886 e. The Labute approximate surface area is 192 Å². The van der Waals surface area contributed by atoms with Crippen LogP contribution in [0.4, 0.5) is 0 Å². The van der Waals surface area contributed by atoms with E-state index in [-0.39, 0.29) is 0 Å². The van der Waals surface area contributed by atoms with Crippen molar-refractivity contribution < 1.29 is 0 Å². The lowest BCUT2D eigenvalue weighted by atomic mass is 9.87. The Morgan fingerprint density at radius 3 is 1.27 bits per heavy atom. The van der Waals surface area contributed by atoms with Crippen LogP contribution in [0.5, 0.6) is 0 Å². The molecular formula is C30H56. The minimum Gasteiger partial charge on any atom is -0.103 e. The molecule has 0 nitrogen and oxygen atoms in total. The van der Waals surface area contributed by atoms with Crippen LogP contribution in [0.3, 0.4) is 0 Å². The summed E-state index contributed by atoms with van der Waals surface area (Å²) in [6.45, 7) is 12.6. The molecule has 0 heterocycles. The van der Waals surface area contributed by atoms with Gasteiger partial charge in [-0.15, -0.1) is 11.8 Å². The summed E-state index contributed by atoms with van der Waals surface area (Å²) in [5, 5.41) is 0. The average molecular weight is 417 g/mol. The van der Waals surface area contributed by atoms with E-state index in [9.17, 15) is 0 Å². The van der Waals surface area contributed by atoms with Crippen LogP contribution in [0.15, 0.2) is 0 Å². The first kappa shape index (κ1) is 29.6. The summed E-state index contributed by atoms with van der Waals surface area (Å²) in [6, 6.07) is 0. The van der Waals surface area contributed by atoms with Crippen LogP contribution < -0.4 is 0 Å². The minimum absolute atomic E-state index is 0.856. The predicted molar refractivity (Wildman–Crippen MR) is 138 cm³/mol. The highest BCUT2D eigenvalue weighted by atomic mass is 14.2. The highest BCUT2D eigenvalue weighted by Gasteiger charge is 2.10. The van der Waals surface area contributed by atoms with Crippen molar-refractivity contribution in [3.8, 4) is 11.8 Å². The molecule has 0 aliphatic heterocycles. The molecule has 1 unspecified atom stereocenters. The maximum absolute atomic E-state index is 3.96. The summed E-state index contributed by atoms with van der Waals surface area (Å²) in [4.78, 5) is 0. The van der Waals surface area contributed by atoms with E-state index in [0.29, 0.717) is 0 Å². The van der Waals surface area contributed by atoms with E-state index < -0.39 is 0 Å². The fourth-order valence-corrected chi connectivity index (χ4v) is 4.46. The van der Waals surface area contributed by atoms with Crippen LogP contribution in [0.1, 0.15) is 155 Å². The zero-order chi connectivity index (χ0) is 22.1. The van der Waals surface area contributed by atoms with E-state index in [1.807, 2.05) is 0 Å². The number of hydrogen-bond donors (Lipinski definition) is 0. The third kappa shape index (κ3) is 23.8. The van der Waals surface area contributed by atoms with Crippen molar-refractivity contribution in [2.75, 3.05) is 0 Å². The van der Waals surface area contributed by atoms with E-state index in [4.69, 9.17) is 0 Å². The van der Waals surface area contributed by atoms with Gasteiger partial charge in [-0.3, -0.25) is 0 Å². The van der Waals surface area contributed by atoms with Crippen LogP contribution in [0.25, 0.3) is 0 Å². The monoisotopic (exact) mass is 416 g/mol. The molecule has 0 spiro atoms. The standard InChI is InChI=1S/C30H56/c1-5-7-9-11-12-13-14-15-16-17-18-19-20-21-23-25-27-30(28-29(3)4)26-24-22-10-8-6-2/h29-30H,1-2,5-14,17-28H2,3-4H3. The van der Waals surface area contributed by atoms with Crippen molar-refractivity contribution in [3.63, 3.8) is 0 Å². The molecule has 0 amide bonds. The molecule has 0 aromatic carbocycles. The van der Waals surface area contributed by atoms with Gasteiger partial charge in [0.25, 0.3) is 0 Å². The molecule has 0 saturated heterocycles. The van der Waals surface area contributed by atoms with Crippen molar-refractivity contribution in [2.45, 2.75) is 155 Å². The molecule has 30 heavy (non-hydrogen) atoms. The number of unbranched alkanes of at least 4 members (excludes halogenated alkanes) is 16. The zero-order valence-corrected chi connectivity index (χ0v) is 21.1. The molecule has 2 radical (unpaired) electrons. The quantitative estimate of drug-likeness (QED) is 0.122. The van der Waals surface area contributed by atoms with Crippen LogP contribution in [-0.4, -0.2) is 0 Å². The van der Waals surface area contributed by atoms with Crippen molar-refractivity contribution in [2.24, 2.45) is 11.8 Å². The van der Waals surface area contributed by atoms with Gasteiger partial charge in [0.2, 0.25) is 0 Å². The Kier molecular flexibility index (Phi) is 24.5. The minimum atomic E-state index is 0.856. The maximum Gasteiger partial charge on any atom is 0.00886 e. The summed E-state index contributed by atoms with van der Waals surface area (Å²) in [7, 11) is 0. The summed E-state index contributed by atoms with van der Waals surface area (Å²) >= 11 is 0. The Hall–Kier alpha value is -0.440. The Balaban J connectivity index is 3.51. The lowest BCUT2D eigenvalue weighted by Gasteiger charge is -2.19. The summed E-state index contributed by atoms with van der Waals surface area (Å²) < 4.78 is 0. The zero-order valence-electron chi connectivity index (χ0n) is 21.1. The van der Waals surface area contributed by atoms with Gasteiger partial charge in [0.1, 0.15) is 0 Å². The summed E-state index contributed by atoms with van der Waals surface area (Å²) in [5.74, 6) is 8.60. The third-order valence-electron chi connectivity index (χ3n) is 6.26. The fraction of sp³-hybridized carbons (Fsp3) is 0.867. The SMILES string of the molecule is [CH2]CCCCCCCC#CCCCCCCCCC(CCCCCC[CH2])CC(C)C. The normalized spacial score (nSPS) is 12.2. The predicted octanol–water partition coefficient (Wildman–Crippen LogP) is 10.5. The topological polar surface area (TPSA) is 0 Å².